The Morgan fingerprint density at radius 1 is 1.16 bits per heavy atom. The molecule has 0 saturated carbocycles. The van der Waals surface area contributed by atoms with Gasteiger partial charge < -0.3 is 10.2 Å². The molecule has 0 amide bonds. The molecule has 1 aliphatic heterocycles. The molecule has 1 heterocycles. The second-order valence-electron chi connectivity index (χ2n) is 6.86. The van der Waals surface area contributed by atoms with E-state index in [0.29, 0.717) is 0 Å². The third kappa shape index (κ3) is 6.73. The largest absolute Gasteiger partial charge is 0.315 e. The van der Waals surface area contributed by atoms with Gasteiger partial charge in [0.15, 0.2) is 0 Å². The molecular formula is C16H35N3. The Balaban J connectivity index is 2.26. The van der Waals surface area contributed by atoms with Crippen molar-refractivity contribution in [2.75, 3.05) is 46.8 Å². The minimum atomic E-state index is 0.735. The quantitative estimate of drug-likeness (QED) is 0.729. The molecule has 19 heavy (non-hydrogen) atoms. The van der Waals surface area contributed by atoms with E-state index in [1.54, 1.807) is 0 Å². The van der Waals surface area contributed by atoms with Crippen molar-refractivity contribution in [1.29, 1.82) is 0 Å². The van der Waals surface area contributed by atoms with Crippen LogP contribution in [-0.2, 0) is 0 Å². The van der Waals surface area contributed by atoms with Crippen LogP contribution in [0.3, 0.4) is 0 Å². The molecule has 114 valence electrons. The van der Waals surface area contributed by atoms with Crippen LogP contribution in [0, 0.1) is 11.8 Å². The zero-order chi connectivity index (χ0) is 14.3. The van der Waals surface area contributed by atoms with E-state index in [1.807, 2.05) is 0 Å². The van der Waals surface area contributed by atoms with E-state index in [1.165, 1.54) is 38.9 Å². The third-order valence-corrected chi connectivity index (χ3v) is 4.19. The van der Waals surface area contributed by atoms with Gasteiger partial charge >= 0.3 is 0 Å². The first kappa shape index (κ1) is 16.9. The van der Waals surface area contributed by atoms with Gasteiger partial charge in [-0.15, -0.1) is 0 Å². The first-order valence-electron chi connectivity index (χ1n) is 8.12. The van der Waals surface area contributed by atoms with E-state index < -0.39 is 0 Å². The molecule has 1 aliphatic rings. The van der Waals surface area contributed by atoms with Crippen LogP contribution < -0.4 is 5.32 Å². The molecule has 1 saturated heterocycles. The molecule has 0 radical (unpaired) electrons. The summed E-state index contributed by atoms with van der Waals surface area (Å²) in [7, 11) is 4.38. The normalized spacial score (nSPS) is 20.4. The summed E-state index contributed by atoms with van der Waals surface area (Å²) in [5.41, 5.74) is 0. The Labute approximate surface area is 120 Å². The highest BCUT2D eigenvalue weighted by Crippen LogP contribution is 2.20. The summed E-state index contributed by atoms with van der Waals surface area (Å²) in [5.74, 6) is 1.66. The summed E-state index contributed by atoms with van der Waals surface area (Å²) < 4.78 is 0. The number of hydrogen-bond acceptors (Lipinski definition) is 3. The third-order valence-electron chi connectivity index (χ3n) is 4.19. The van der Waals surface area contributed by atoms with E-state index in [-0.39, 0.29) is 0 Å². The Hall–Kier alpha value is -0.120. The number of nitrogens with zero attached hydrogens (tertiary/aromatic N) is 2. The van der Waals surface area contributed by atoms with Crippen LogP contribution in [0.25, 0.3) is 0 Å². The molecular weight excluding hydrogens is 234 g/mol. The van der Waals surface area contributed by atoms with Gasteiger partial charge in [-0.2, -0.15) is 0 Å². The Bertz CT molecular complexity index is 220. The van der Waals surface area contributed by atoms with Crippen LogP contribution in [0.5, 0.6) is 0 Å². The average molecular weight is 269 g/mol. The minimum absolute atomic E-state index is 0.735. The van der Waals surface area contributed by atoms with Crippen molar-refractivity contribution < 1.29 is 0 Å². The summed E-state index contributed by atoms with van der Waals surface area (Å²) in [5, 5.41) is 3.63. The molecule has 0 aliphatic carbocycles. The topological polar surface area (TPSA) is 18.5 Å². The van der Waals surface area contributed by atoms with Crippen molar-refractivity contribution >= 4 is 0 Å². The van der Waals surface area contributed by atoms with Crippen LogP contribution in [0.15, 0.2) is 0 Å². The number of rotatable bonds is 8. The van der Waals surface area contributed by atoms with Crippen molar-refractivity contribution in [3.05, 3.63) is 0 Å². The molecule has 0 aromatic carbocycles. The molecule has 1 unspecified atom stereocenters. The Morgan fingerprint density at radius 3 is 2.26 bits per heavy atom. The highest BCUT2D eigenvalue weighted by molar-refractivity contribution is 4.80. The van der Waals surface area contributed by atoms with Crippen LogP contribution >= 0.6 is 0 Å². The number of piperidine rings is 1. The van der Waals surface area contributed by atoms with Crippen LogP contribution in [0.1, 0.15) is 40.0 Å². The molecule has 0 aromatic rings. The maximum atomic E-state index is 3.63. The maximum absolute atomic E-state index is 3.63. The van der Waals surface area contributed by atoms with Gasteiger partial charge in [-0.3, -0.25) is 4.90 Å². The second-order valence-corrected chi connectivity index (χ2v) is 6.86. The van der Waals surface area contributed by atoms with E-state index >= 15 is 0 Å². The SMILES string of the molecule is CCC(CNCC(C)C)N1CCC(CN(C)C)CC1. The van der Waals surface area contributed by atoms with Gasteiger partial charge in [-0.25, -0.2) is 0 Å². The molecule has 3 nitrogen and oxygen atoms in total. The van der Waals surface area contributed by atoms with Crippen LogP contribution in [0.2, 0.25) is 0 Å². The number of nitrogens with one attached hydrogen (secondary N) is 1. The second kappa shape index (κ2) is 8.93. The predicted molar refractivity (Wildman–Crippen MR) is 84.6 cm³/mol. The first-order valence-corrected chi connectivity index (χ1v) is 8.12. The van der Waals surface area contributed by atoms with Gasteiger partial charge in [0.1, 0.15) is 0 Å². The van der Waals surface area contributed by atoms with E-state index in [2.05, 4.69) is 50.0 Å². The molecule has 3 heteroatoms. The lowest BCUT2D eigenvalue weighted by Crippen LogP contribution is -2.47. The molecule has 0 spiro atoms. The molecule has 0 aromatic heterocycles. The Kier molecular flexibility index (Phi) is 7.96. The first-order chi connectivity index (χ1) is 9.02. The summed E-state index contributed by atoms with van der Waals surface area (Å²) >= 11 is 0. The Morgan fingerprint density at radius 2 is 1.79 bits per heavy atom. The highest BCUT2D eigenvalue weighted by Gasteiger charge is 2.24. The molecule has 1 rings (SSSR count). The maximum Gasteiger partial charge on any atom is 0.0218 e. The van der Waals surface area contributed by atoms with E-state index in [9.17, 15) is 0 Å². The standard InChI is InChI=1S/C16H35N3/c1-6-16(12-17-11-14(2)3)19-9-7-15(8-10-19)13-18(4)5/h14-17H,6-13H2,1-5H3. The smallest absolute Gasteiger partial charge is 0.0218 e. The lowest BCUT2D eigenvalue weighted by atomic mass is 9.95. The van der Waals surface area contributed by atoms with Crippen molar-refractivity contribution in [1.82, 2.24) is 15.1 Å². The van der Waals surface area contributed by atoms with E-state index in [4.69, 9.17) is 0 Å². The zero-order valence-corrected chi connectivity index (χ0v) is 13.8. The van der Waals surface area contributed by atoms with Crippen molar-refractivity contribution in [3.63, 3.8) is 0 Å². The van der Waals surface area contributed by atoms with Crippen LogP contribution in [0.4, 0.5) is 0 Å². The zero-order valence-electron chi connectivity index (χ0n) is 13.8. The molecule has 1 atom stereocenters. The predicted octanol–water partition coefficient (Wildman–Crippen LogP) is 2.28. The van der Waals surface area contributed by atoms with Gasteiger partial charge in [0, 0.05) is 19.1 Å². The lowest BCUT2D eigenvalue weighted by molar-refractivity contribution is 0.115. The van der Waals surface area contributed by atoms with Crippen molar-refractivity contribution in [3.8, 4) is 0 Å². The monoisotopic (exact) mass is 269 g/mol. The fraction of sp³-hybridized carbons (Fsp3) is 1.00. The summed E-state index contributed by atoms with van der Waals surface area (Å²) in [6.45, 7) is 13.0. The van der Waals surface area contributed by atoms with Crippen molar-refractivity contribution in [2.24, 2.45) is 11.8 Å². The summed E-state index contributed by atoms with van der Waals surface area (Å²) in [4.78, 5) is 5.04. The fourth-order valence-electron chi connectivity index (χ4n) is 3.09. The van der Waals surface area contributed by atoms with Gasteiger partial charge in [-0.05, 0) is 64.8 Å². The van der Waals surface area contributed by atoms with Gasteiger partial charge in [0.2, 0.25) is 0 Å². The molecule has 0 bridgehead atoms. The highest BCUT2D eigenvalue weighted by atomic mass is 15.2. The minimum Gasteiger partial charge on any atom is -0.315 e. The molecule has 1 fully saturated rings. The van der Waals surface area contributed by atoms with Gasteiger partial charge in [0.25, 0.3) is 0 Å². The van der Waals surface area contributed by atoms with Gasteiger partial charge in [0.05, 0.1) is 0 Å². The van der Waals surface area contributed by atoms with E-state index in [0.717, 1.165) is 31.0 Å². The number of hydrogen-bond donors (Lipinski definition) is 1. The summed E-state index contributed by atoms with van der Waals surface area (Å²) in [6.07, 6.45) is 4.02. The summed E-state index contributed by atoms with van der Waals surface area (Å²) in [6, 6.07) is 0.735. The molecule has 1 N–H and O–H groups in total. The van der Waals surface area contributed by atoms with Crippen LogP contribution in [-0.4, -0.2) is 62.7 Å². The fourth-order valence-corrected chi connectivity index (χ4v) is 3.09. The number of likely N-dealkylation sites (tertiary alicyclic amines) is 1. The average Bonchev–Trinajstić information content (AvgIpc) is 2.35. The van der Waals surface area contributed by atoms with Crippen molar-refractivity contribution in [2.45, 2.75) is 46.1 Å². The lowest BCUT2D eigenvalue weighted by Gasteiger charge is -2.38. The van der Waals surface area contributed by atoms with Gasteiger partial charge in [-0.1, -0.05) is 20.8 Å².